The van der Waals surface area contributed by atoms with Crippen molar-refractivity contribution in [1.82, 2.24) is 14.6 Å². The molecule has 2 aromatic heterocycles. The average molecular weight is 241 g/mol. The summed E-state index contributed by atoms with van der Waals surface area (Å²) in [5.74, 6) is 1.38. The highest BCUT2D eigenvalue weighted by molar-refractivity contribution is 5.65. The predicted molar refractivity (Wildman–Crippen MR) is 66.6 cm³/mol. The summed E-state index contributed by atoms with van der Waals surface area (Å²) in [6.07, 6.45) is 1.77. The maximum Gasteiger partial charge on any atom is 0.185 e. The molecule has 5 heteroatoms. The molecule has 0 aliphatic heterocycles. The highest BCUT2D eigenvalue weighted by Crippen LogP contribution is 2.26. The van der Waals surface area contributed by atoms with Gasteiger partial charge in [0.1, 0.15) is 11.5 Å². The topological polar surface area (TPSA) is 59.7 Å². The van der Waals surface area contributed by atoms with Crippen LogP contribution in [0, 0.1) is 0 Å². The van der Waals surface area contributed by atoms with Crippen LogP contribution in [0.4, 0.5) is 0 Å². The van der Waals surface area contributed by atoms with Gasteiger partial charge in [-0.05, 0) is 18.2 Å². The zero-order valence-electron chi connectivity index (χ0n) is 9.74. The number of methoxy groups -OCH3 is 1. The smallest absolute Gasteiger partial charge is 0.185 e. The molecular weight excluding hydrogens is 230 g/mol. The van der Waals surface area contributed by atoms with Gasteiger partial charge in [0.25, 0.3) is 0 Å². The van der Waals surface area contributed by atoms with Gasteiger partial charge in [-0.25, -0.2) is 9.50 Å². The first-order chi connectivity index (χ1) is 8.78. The highest BCUT2D eigenvalue weighted by Gasteiger charge is 2.10. The zero-order chi connectivity index (χ0) is 12.5. The van der Waals surface area contributed by atoms with Gasteiger partial charge in [0, 0.05) is 12.3 Å². The van der Waals surface area contributed by atoms with Crippen LogP contribution in [0.15, 0.2) is 42.6 Å². The van der Waals surface area contributed by atoms with E-state index in [1.165, 1.54) is 0 Å². The minimum Gasteiger partial charge on any atom is -0.507 e. The molecule has 0 radical (unpaired) electrons. The van der Waals surface area contributed by atoms with E-state index >= 15 is 0 Å². The first-order valence-corrected chi connectivity index (χ1v) is 5.47. The van der Waals surface area contributed by atoms with Crippen molar-refractivity contribution in [2.75, 3.05) is 7.11 Å². The third kappa shape index (κ3) is 1.66. The summed E-state index contributed by atoms with van der Waals surface area (Å²) in [5.41, 5.74) is 1.28. The Kier molecular flexibility index (Phi) is 2.37. The number of fused-ring (bicyclic) bond motifs is 1. The van der Waals surface area contributed by atoms with Gasteiger partial charge in [0.15, 0.2) is 11.5 Å². The lowest BCUT2D eigenvalue weighted by molar-refractivity contribution is 0.414. The highest BCUT2D eigenvalue weighted by atomic mass is 16.5. The van der Waals surface area contributed by atoms with Crippen molar-refractivity contribution in [2.45, 2.75) is 0 Å². The lowest BCUT2D eigenvalue weighted by atomic mass is 10.2. The molecule has 0 amide bonds. The number of ether oxygens (including phenoxy) is 1. The van der Waals surface area contributed by atoms with Gasteiger partial charge in [0.05, 0.1) is 12.7 Å². The van der Waals surface area contributed by atoms with E-state index < -0.39 is 0 Å². The van der Waals surface area contributed by atoms with Gasteiger partial charge >= 0.3 is 0 Å². The Morgan fingerprint density at radius 1 is 1.22 bits per heavy atom. The van der Waals surface area contributed by atoms with Crippen molar-refractivity contribution in [1.29, 1.82) is 0 Å². The van der Waals surface area contributed by atoms with Gasteiger partial charge < -0.3 is 9.84 Å². The van der Waals surface area contributed by atoms with Crippen molar-refractivity contribution >= 4 is 5.65 Å². The molecule has 90 valence electrons. The summed E-state index contributed by atoms with van der Waals surface area (Å²) in [7, 11) is 1.60. The van der Waals surface area contributed by atoms with Gasteiger partial charge in [0.2, 0.25) is 0 Å². The van der Waals surface area contributed by atoms with Crippen molar-refractivity contribution < 1.29 is 9.84 Å². The quantitative estimate of drug-likeness (QED) is 0.746. The van der Waals surface area contributed by atoms with E-state index in [0.717, 1.165) is 5.75 Å². The molecule has 0 fully saturated rings. The van der Waals surface area contributed by atoms with Crippen molar-refractivity contribution in [3.8, 4) is 22.9 Å². The lowest BCUT2D eigenvalue weighted by Gasteiger charge is -1.97. The number of phenols is 1. The number of hydrogen-bond donors (Lipinski definition) is 1. The fourth-order valence-electron chi connectivity index (χ4n) is 1.77. The Labute approximate surface area is 103 Å². The largest absolute Gasteiger partial charge is 0.507 e. The molecule has 0 bridgehead atoms. The lowest BCUT2D eigenvalue weighted by Crippen LogP contribution is -1.88. The summed E-state index contributed by atoms with van der Waals surface area (Å²) in [6, 6.07) is 10.6. The van der Waals surface area contributed by atoms with Crippen LogP contribution >= 0.6 is 0 Å². The second kappa shape index (κ2) is 4.03. The Bertz CT molecular complexity index is 706. The number of benzene rings is 1. The number of pyridine rings is 1. The summed E-state index contributed by atoms with van der Waals surface area (Å²) in [4.78, 5) is 4.36. The average Bonchev–Trinajstić information content (AvgIpc) is 2.81. The van der Waals surface area contributed by atoms with E-state index in [1.54, 1.807) is 48.2 Å². The number of hydrogen-bond acceptors (Lipinski definition) is 4. The molecule has 2 heterocycles. The molecule has 5 nitrogen and oxygen atoms in total. The monoisotopic (exact) mass is 241 g/mol. The summed E-state index contributed by atoms with van der Waals surface area (Å²) in [6.45, 7) is 0. The van der Waals surface area contributed by atoms with Crippen LogP contribution in [0.3, 0.4) is 0 Å². The number of para-hydroxylation sites is 1. The Morgan fingerprint density at radius 3 is 2.83 bits per heavy atom. The Morgan fingerprint density at radius 2 is 2.06 bits per heavy atom. The van der Waals surface area contributed by atoms with Crippen LogP contribution in [0.1, 0.15) is 0 Å². The van der Waals surface area contributed by atoms with Gasteiger partial charge in [-0.15, -0.1) is 5.10 Å². The number of rotatable bonds is 2. The molecule has 0 unspecified atom stereocenters. The van der Waals surface area contributed by atoms with E-state index in [9.17, 15) is 5.11 Å². The third-order valence-corrected chi connectivity index (χ3v) is 2.69. The second-order valence-electron chi connectivity index (χ2n) is 3.82. The molecule has 18 heavy (non-hydrogen) atoms. The molecule has 3 rings (SSSR count). The van der Waals surface area contributed by atoms with Crippen LogP contribution < -0.4 is 4.74 Å². The zero-order valence-corrected chi connectivity index (χ0v) is 9.74. The van der Waals surface area contributed by atoms with Crippen molar-refractivity contribution in [3.63, 3.8) is 0 Å². The van der Waals surface area contributed by atoms with Gasteiger partial charge in [-0.2, -0.15) is 0 Å². The van der Waals surface area contributed by atoms with E-state index in [-0.39, 0.29) is 5.75 Å². The van der Waals surface area contributed by atoms with E-state index in [0.29, 0.717) is 17.0 Å². The van der Waals surface area contributed by atoms with Crippen molar-refractivity contribution in [3.05, 3.63) is 42.6 Å². The number of aromatic hydroxyl groups is 1. The first-order valence-electron chi connectivity index (χ1n) is 5.47. The molecule has 0 aliphatic carbocycles. The molecular formula is C13H11N3O2. The number of nitrogens with zero attached hydrogens (tertiary/aromatic N) is 3. The number of aromatic nitrogens is 3. The van der Waals surface area contributed by atoms with E-state index in [4.69, 9.17) is 4.74 Å². The second-order valence-corrected chi connectivity index (χ2v) is 3.82. The van der Waals surface area contributed by atoms with Crippen molar-refractivity contribution in [2.24, 2.45) is 0 Å². The Balaban J connectivity index is 2.17. The van der Waals surface area contributed by atoms with E-state index in [1.807, 2.05) is 6.07 Å². The number of phenolic OH excluding ortho intramolecular Hbond substituents is 1. The molecule has 3 aromatic rings. The fraction of sp³-hybridized carbons (Fsp3) is 0.0769. The van der Waals surface area contributed by atoms with Gasteiger partial charge in [-0.3, -0.25) is 0 Å². The molecule has 1 aromatic carbocycles. The molecule has 0 saturated carbocycles. The maximum atomic E-state index is 9.78. The van der Waals surface area contributed by atoms with E-state index in [2.05, 4.69) is 10.1 Å². The SMILES string of the molecule is COc1ccn2nc(-c3ccccc3O)nc2c1. The minimum absolute atomic E-state index is 0.167. The molecule has 0 saturated heterocycles. The molecule has 1 N–H and O–H groups in total. The fourth-order valence-corrected chi connectivity index (χ4v) is 1.77. The normalized spacial score (nSPS) is 10.7. The molecule has 0 atom stereocenters. The van der Waals surface area contributed by atoms with Crippen LogP contribution in [0.2, 0.25) is 0 Å². The van der Waals surface area contributed by atoms with Crippen LogP contribution in [0.25, 0.3) is 17.0 Å². The third-order valence-electron chi connectivity index (χ3n) is 2.69. The summed E-state index contributed by atoms with van der Waals surface area (Å²) >= 11 is 0. The summed E-state index contributed by atoms with van der Waals surface area (Å²) in [5, 5.41) is 14.1. The van der Waals surface area contributed by atoms with Crippen LogP contribution in [0.5, 0.6) is 11.5 Å². The summed E-state index contributed by atoms with van der Waals surface area (Å²) < 4.78 is 6.77. The minimum atomic E-state index is 0.167. The Hall–Kier alpha value is -2.56. The maximum absolute atomic E-state index is 9.78. The van der Waals surface area contributed by atoms with Gasteiger partial charge in [-0.1, -0.05) is 12.1 Å². The predicted octanol–water partition coefficient (Wildman–Crippen LogP) is 2.11. The molecule has 0 aliphatic rings. The standard InChI is InChI=1S/C13H11N3O2/c1-18-9-6-7-16-12(8-9)14-13(15-16)10-4-2-3-5-11(10)17/h2-8,17H,1H3. The molecule has 0 spiro atoms. The van der Waals surface area contributed by atoms with Crippen LogP contribution in [-0.2, 0) is 0 Å². The van der Waals surface area contributed by atoms with Crippen LogP contribution in [-0.4, -0.2) is 26.8 Å². The first kappa shape index (κ1) is 10.6.